The van der Waals surface area contributed by atoms with Crippen molar-refractivity contribution in [1.82, 2.24) is 8.80 Å². The molecule has 4 aliphatic carbocycles. The number of para-hydroxylation sites is 8. The Bertz CT molecular complexity index is 6830. The van der Waals surface area contributed by atoms with Gasteiger partial charge < -0.3 is 19.0 Å². The van der Waals surface area contributed by atoms with Crippen LogP contribution in [-0.2, 0) is 25.7 Å². The molecule has 0 saturated carbocycles. The number of anilines is 5. The Balaban J connectivity index is 0.0000000948. The van der Waals surface area contributed by atoms with Gasteiger partial charge in [0.2, 0.25) is 0 Å². The van der Waals surface area contributed by atoms with Crippen molar-refractivity contribution in [2.24, 2.45) is 0 Å². The van der Waals surface area contributed by atoms with Crippen LogP contribution in [0.2, 0.25) is 20.1 Å². The lowest BCUT2D eigenvalue weighted by Gasteiger charge is -2.29. The fourth-order valence-electron chi connectivity index (χ4n) is 17.5. The van der Waals surface area contributed by atoms with Crippen LogP contribution in [0.25, 0.3) is 115 Å². The van der Waals surface area contributed by atoms with Crippen molar-refractivity contribution >= 4 is 173 Å². The third kappa shape index (κ3) is 11.7. The average molecular weight is 1550 g/mol. The number of allylic oxidation sites excluding steroid dienone is 4. The fourth-order valence-corrected chi connectivity index (χ4v) is 19.1. The molecular formula is C100H69BrCl4N4. The molecule has 0 amide bonds. The Morgan fingerprint density at radius 2 is 0.844 bits per heavy atom. The van der Waals surface area contributed by atoms with Gasteiger partial charge in [0.05, 0.1) is 70.3 Å². The first kappa shape index (κ1) is 68.2. The van der Waals surface area contributed by atoms with E-state index in [1.165, 1.54) is 170 Å². The largest absolute Gasteiger partial charge is 0.353 e. The Hall–Kier alpha value is -11.4. The molecule has 15 aromatic carbocycles. The Kier molecular flexibility index (Phi) is 17.7. The third-order valence-corrected chi connectivity index (χ3v) is 24.2. The van der Waals surface area contributed by atoms with Crippen LogP contribution in [0.3, 0.4) is 0 Å². The number of benzene rings is 15. The van der Waals surface area contributed by atoms with Crippen LogP contribution >= 0.6 is 62.3 Å². The van der Waals surface area contributed by atoms with Gasteiger partial charge in [-0.3, -0.25) is 0 Å². The summed E-state index contributed by atoms with van der Waals surface area (Å²) in [7, 11) is 0. The highest BCUT2D eigenvalue weighted by Gasteiger charge is 2.30. The van der Waals surface area contributed by atoms with Crippen molar-refractivity contribution in [3.63, 3.8) is 0 Å². The molecular weight excluding hydrogens is 1480 g/mol. The topological polar surface area (TPSA) is 24.1 Å². The van der Waals surface area contributed by atoms with Crippen LogP contribution < -0.4 is 10.2 Å². The van der Waals surface area contributed by atoms with Gasteiger partial charge in [-0.05, 0) is 213 Å². The number of nitrogens with one attached hydrogen (secondary N) is 1. The number of hydrogen-bond acceptors (Lipinski definition) is 2. The second-order valence-corrected chi connectivity index (χ2v) is 30.8. The highest BCUT2D eigenvalue weighted by atomic mass is 79.9. The number of fused-ring (bicyclic) bond motifs is 23. The van der Waals surface area contributed by atoms with Crippen LogP contribution in [0.5, 0.6) is 0 Å². The molecule has 0 fully saturated rings. The summed E-state index contributed by atoms with van der Waals surface area (Å²) in [5.74, 6) is 0. The van der Waals surface area contributed by atoms with Gasteiger partial charge >= 0.3 is 0 Å². The van der Waals surface area contributed by atoms with Crippen LogP contribution in [0.15, 0.2) is 338 Å². The molecule has 0 aliphatic heterocycles. The lowest BCUT2D eigenvalue weighted by atomic mass is 9.98. The molecule has 19 aromatic rings. The second-order valence-electron chi connectivity index (χ2n) is 28.4. The van der Waals surface area contributed by atoms with E-state index >= 15 is 0 Å². The highest BCUT2D eigenvalue weighted by Crippen LogP contribution is 2.51. The lowest BCUT2D eigenvalue weighted by molar-refractivity contribution is 1.20. The van der Waals surface area contributed by atoms with Crippen LogP contribution in [-0.4, -0.2) is 8.80 Å². The van der Waals surface area contributed by atoms with E-state index in [-0.39, 0.29) is 0 Å². The molecule has 109 heavy (non-hydrogen) atoms. The van der Waals surface area contributed by atoms with E-state index in [0.29, 0.717) is 20.1 Å². The number of aromatic nitrogens is 2. The molecule has 23 rings (SSSR count). The first-order chi connectivity index (χ1) is 53.6. The van der Waals surface area contributed by atoms with Crippen LogP contribution in [0, 0.1) is 0 Å². The van der Waals surface area contributed by atoms with E-state index in [9.17, 15) is 0 Å². The van der Waals surface area contributed by atoms with Crippen LogP contribution in [0.4, 0.5) is 28.4 Å². The molecule has 1 N–H and O–H groups in total. The monoisotopic (exact) mass is 1540 g/mol. The summed E-state index contributed by atoms with van der Waals surface area (Å²) >= 11 is 28.9. The summed E-state index contributed by atoms with van der Waals surface area (Å²) in [6.07, 6.45) is 8.48. The summed E-state index contributed by atoms with van der Waals surface area (Å²) in [6.45, 7) is 4.39. The molecule has 0 bridgehead atoms. The Morgan fingerprint density at radius 1 is 0.367 bits per heavy atom. The minimum absolute atomic E-state index is 0.617. The van der Waals surface area contributed by atoms with E-state index in [4.69, 9.17) is 46.4 Å². The maximum atomic E-state index is 6.64. The maximum absolute atomic E-state index is 6.64. The van der Waals surface area contributed by atoms with Crippen molar-refractivity contribution in [3.8, 4) is 33.4 Å². The molecule has 0 spiro atoms. The standard InChI is InChI=1S/C25H17Cl2N.C25H15N.C25H19N.C13H9Br.C12H9Cl2N/c26-22-13-7-14-23(27)25(22)28(18-9-2-1-3-10-18)24-15-6-12-20-19-11-5-4-8-17(19)16-21(20)24;1-2-7-17-15(6-1)12-16-13-22-20-10-5-9-19-18-8-3-4-11-23(18)26(25(19)20)24(22)14-21(16)17;1-3-7-16-14-17-12-13-22-24(23(17)15(16)2)20-10-6-9-19-18-8-4-5-11-21(18)26(22)25(19)20;14-13-7-3-6-11-10-5-2-1-4-9(10)8-12(11)13;13-10-7-4-8-11(14)12(10)15-9-5-2-1-3-6-9/h1-15H,16H2;1-11,13-14H,12H2;3-13H,14H2,1-2H3;1-7H,8H2;1-8,15H/b;;7-3-;;. The van der Waals surface area contributed by atoms with E-state index in [1.807, 2.05) is 72.8 Å². The summed E-state index contributed by atoms with van der Waals surface area (Å²) < 4.78 is 6.17. The highest BCUT2D eigenvalue weighted by molar-refractivity contribution is 9.10. The minimum atomic E-state index is 0.617. The normalized spacial score (nSPS) is 12.7. The van der Waals surface area contributed by atoms with Gasteiger partial charge in [0, 0.05) is 65.4 Å². The molecule has 4 nitrogen and oxygen atoms in total. The van der Waals surface area contributed by atoms with Crippen molar-refractivity contribution in [3.05, 3.63) is 402 Å². The van der Waals surface area contributed by atoms with Crippen LogP contribution in [0.1, 0.15) is 58.4 Å². The summed E-state index contributed by atoms with van der Waals surface area (Å²) in [6, 6.07) is 111. The number of halogens is 5. The van der Waals surface area contributed by atoms with Crippen molar-refractivity contribution in [1.29, 1.82) is 0 Å². The molecule has 0 saturated heterocycles. The minimum Gasteiger partial charge on any atom is -0.353 e. The van der Waals surface area contributed by atoms with Gasteiger partial charge in [-0.1, -0.05) is 299 Å². The quantitative estimate of drug-likeness (QED) is 0.179. The molecule has 4 aromatic heterocycles. The van der Waals surface area contributed by atoms with E-state index in [0.717, 1.165) is 54.1 Å². The van der Waals surface area contributed by atoms with Crippen molar-refractivity contribution in [2.45, 2.75) is 39.5 Å². The van der Waals surface area contributed by atoms with Gasteiger partial charge in [-0.25, -0.2) is 0 Å². The summed E-state index contributed by atoms with van der Waals surface area (Å²) in [5, 5.41) is 16.6. The van der Waals surface area contributed by atoms with Gasteiger partial charge in [-0.2, -0.15) is 0 Å². The van der Waals surface area contributed by atoms with E-state index in [1.54, 1.807) is 12.1 Å². The molecule has 0 unspecified atom stereocenters. The fraction of sp³-hybridized carbons (Fsp3) is 0.0600. The smallest absolute Gasteiger partial charge is 0.0835 e. The lowest BCUT2D eigenvalue weighted by Crippen LogP contribution is -2.13. The predicted molar refractivity (Wildman–Crippen MR) is 470 cm³/mol. The first-order valence-electron chi connectivity index (χ1n) is 37.0. The van der Waals surface area contributed by atoms with Gasteiger partial charge in [0.1, 0.15) is 0 Å². The summed E-state index contributed by atoms with van der Waals surface area (Å²) in [4.78, 5) is 2.18. The van der Waals surface area contributed by atoms with Gasteiger partial charge in [-0.15, -0.1) is 0 Å². The number of nitrogens with zero attached hydrogens (tertiary/aromatic N) is 3. The van der Waals surface area contributed by atoms with Crippen molar-refractivity contribution in [2.75, 3.05) is 10.2 Å². The number of hydrogen-bond donors (Lipinski definition) is 1. The zero-order valence-electron chi connectivity index (χ0n) is 59.7. The van der Waals surface area contributed by atoms with E-state index < -0.39 is 0 Å². The third-order valence-electron chi connectivity index (χ3n) is 22.3. The zero-order chi connectivity index (χ0) is 73.5. The van der Waals surface area contributed by atoms with Gasteiger partial charge in [0.15, 0.2) is 0 Å². The Labute approximate surface area is 661 Å². The van der Waals surface area contributed by atoms with Gasteiger partial charge in [0.25, 0.3) is 0 Å². The number of rotatable bonds is 6. The maximum Gasteiger partial charge on any atom is 0.0835 e. The van der Waals surface area contributed by atoms with E-state index in [2.05, 4.69) is 291 Å². The molecule has 4 aliphatic rings. The van der Waals surface area contributed by atoms with Crippen molar-refractivity contribution < 1.29 is 0 Å². The Morgan fingerprint density at radius 3 is 1.49 bits per heavy atom. The molecule has 9 heteroatoms. The second kappa shape index (κ2) is 28.3. The first-order valence-corrected chi connectivity index (χ1v) is 39.3. The molecule has 4 heterocycles. The molecule has 0 atom stereocenters. The zero-order valence-corrected chi connectivity index (χ0v) is 64.3. The molecule has 524 valence electrons. The average Bonchev–Trinajstić information content (AvgIpc) is 1.54. The summed E-state index contributed by atoms with van der Waals surface area (Å²) in [5.41, 5.74) is 35.0. The SMILES string of the molecule is Brc1cccc2c1Cc1ccccc1-2.C/C=C\C1=C(C)c2c(ccc3c2c2cccc4c5ccccc5n3c42)C1.Clc1cccc(Cl)c1N(c1ccccc1)c1cccc2c1Cc1ccccc1-2.Clc1cccc(Cl)c1Nc1ccccc1.c1ccc2c(c1)Cc1cc3c4cccc5c6ccccc6n(c3cc1-2)c54. The predicted octanol–water partition coefficient (Wildman–Crippen LogP) is 29.9. The molecule has 0 radical (unpaired) electrons.